The summed E-state index contributed by atoms with van der Waals surface area (Å²) in [5.41, 5.74) is 7.66. The summed E-state index contributed by atoms with van der Waals surface area (Å²) in [7, 11) is 1.39. The molecule has 0 aliphatic carbocycles. The van der Waals surface area contributed by atoms with Crippen LogP contribution in [0.25, 0.3) is 11.3 Å². The van der Waals surface area contributed by atoms with Crippen LogP contribution in [0.2, 0.25) is 0 Å². The number of hydrogen-bond acceptors (Lipinski definition) is 5. The smallest absolute Gasteiger partial charge is 0.411 e. The molecule has 11 heteroatoms. The van der Waals surface area contributed by atoms with E-state index in [1.807, 2.05) is 0 Å². The number of alkyl halides is 3. The van der Waals surface area contributed by atoms with Crippen molar-refractivity contribution < 1.29 is 31.8 Å². The minimum Gasteiger partial charge on any atom is -0.496 e. The second-order valence-electron chi connectivity index (χ2n) is 8.56. The summed E-state index contributed by atoms with van der Waals surface area (Å²) >= 11 is 0. The first-order chi connectivity index (χ1) is 17.2. The summed E-state index contributed by atoms with van der Waals surface area (Å²) in [6.45, 7) is 0.694. The van der Waals surface area contributed by atoms with Crippen LogP contribution in [0.4, 0.5) is 23.4 Å². The maximum Gasteiger partial charge on any atom is 0.411 e. The van der Waals surface area contributed by atoms with Crippen molar-refractivity contribution in [3.8, 4) is 17.0 Å². The van der Waals surface area contributed by atoms with Crippen molar-refractivity contribution in [1.29, 1.82) is 0 Å². The van der Waals surface area contributed by atoms with Gasteiger partial charge in [-0.15, -0.1) is 0 Å². The molecule has 1 fully saturated rings. The number of benzene rings is 2. The van der Waals surface area contributed by atoms with Gasteiger partial charge >= 0.3 is 6.18 Å². The molecule has 2 heterocycles. The second kappa shape index (κ2) is 10.6. The van der Waals surface area contributed by atoms with E-state index in [2.05, 4.69) is 10.4 Å². The van der Waals surface area contributed by atoms with E-state index < -0.39 is 29.9 Å². The number of anilines is 1. The van der Waals surface area contributed by atoms with E-state index in [9.17, 15) is 22.4 Å². The summed E-state index contributed by atoms with van der Waals surface area (Å²) in [6.07, 6.45) is -3.95. The highest BCUT2D eigenvalue weighted by atomic mass is 19.4. The molecule has 0 bridgehead atoms. The number of hydrogen-bond donors (Lipinski definition) is 2. The van der Waals surface area contributed by atoms with Gasteiger partial charge in [0.25, 0.3) is 5.91 Å². The van der Waals surface area contributed by atoms with Crippen molar-refractivity contribution in [1.82, 2.24) is 15.1 Å². The number of nitrogens with one attached hydrogen (secondary N) is 1. The molecule has 1 atom stereocenters. The molecule has 0 radical (unpaired) electrons. The van der Waals surface area contributed by atoms with E-state index in [1.165, 1.54) is 25.3 Å². The zero-order chi connectivity index (χ0) is 25.9. The van der Waals surface area contributed by atoms with Gasteiger partial charge in [-0.05, 0) is 42.5 Å². The van der Waals surface area contributed by atoms with Gasteiger partial charge in [0.15, 0.2) is 6.04 Å². The van der Waals surface area contributed by atoms with Gasteiger partial charge < -0.3 is 20.5 Å². The van der Waals surface area contributed by atoms with Crippen molar-refractivity contribution >= 4 is 11.7 Å². The average Bonchev–Trinajstić information content (AvgIpc) is 3.23. The highest BCUT2D eigenvalue weighted by molar-refractivity contribution is 5.96. The van der Waals surface area contributed by atoms with Crippen LogP contribution in [0, 0.1) is 11.7 Å². The van der Waals surface area contributed by atoms with Crippen LogP contribution < -0.4 is 15.8 Å². The Bertz CT molecular complexity index is 1210. The Morgan fingerprint density at radius 1 is 1.19 bits per heavy atom. The third-order valence-corrected chi connectivity index (χ3v) is 6.18. The molecule has 2 aromatic carbocycles. The standard InChI is InChI=1S/C25H26F4N4O3/c1-35-21-7-6-18(26)12-19(21)24(34)31-14-15-2-4-16(5-3-15)20-13-22(30)33(32-20)23(25(27,28)29)17-8-10-36-11-9-17/h2-7,12-13,17,23H,8-11,14,30H2,1H3,(H,31,34). The van der Waals surface area contributed by atoms with E-state index >= 15 is 0 Å². The normalized spacial score (nSPS) is 15.5. The first-order valence-corrected chi connectivity index (χ1v) is 11.4. The summed E-state index contributed by atoms with van der Waals surface area (Å²) in [5, 5.41) is 6.90. The van der Waals surface area contributed by atoms with Crippen LogP contribution in [0.15, 0.2) is 48.5 Å². The van der Waals surface area contributed by atoms with Gasteiger partial charge in [0.2, 0.25) is 0 Å². The van der Waals surface area contributed by atoms with E-state index in [0.717, 1.165) is 16.3 Å². The molecule has 0 saturated carbocycles. The lowest BCUT2D eigenvalue weighted by Crippen LogP contribution is -2.37. The summed E-state index contributed by atoms with van der Waals surface area (Å²) in [4.78, 5) is 12.5. The number of carbonyl (C=O) groups is 1. The predicted molar refractivity (Wildman–Crippen MR) is 125 cm³/mol. The molecule has 7 nitrogen and oxygen atoms in total. The third kappa shape index (κ3) is 5.62. The average molecular weight is 507 g/mol. The van der Waals surface area contributed by atoms with Crippen LogP contribution >= 0.6 is 0 Å². The lowest BCUT2D eigenvalue weighted by atomic mass is 9.91. The van der Waals surface area contributed by atoms with E-state index in [1.54, 1.807) is 24.3 Å². The molecule has 4 rings (SSSR count). The van der Waals surface area contributed by atoms with Crippen molar-refractivity contribution in [3.05, 3.63) is 65.5 Å². The van der Waals surface area contributed by atoms with Gasteiger partial charge in [0.1, 0.15) is 17.4 Å². The first kappa shape index (κ1) is 25.5. The quantitative estimate of drug-likeness (QED) is 0.452. The first-order valence-electron chi connectivity index (χ1n) is 11.4. The molecular formula is C25H26F4N4O3. The maximum atomic E-state index is 14.0. The molecular weight excluding hydrogens is 480 g/mol. The highest BCUT2D eigenvalue weighted by Crippen LogP contribution is 2.42. The number of rotatable bonds is 7. The monoisotopic (exact) mass is 506 g/mol. The molecule has 1 amide bonds. The Labute approximate surface area is 205 Å². The van der Waals surface area contributed by atoms with Gasteiger partial charge in [-0.3, -0.25) is 4.79 Å². The van der Waals surface area contributed by atoms with E-state index in [4.69, 9.17) is 15.2 Å². The Morgan fingerprint density at radius 3 is 2.53 bits per heavy atom. The number of nitrogens with zero attached hydrogens (tertiary/aromatic N) is 2. The summed E-state index contributed by atoms with van der Waals surface area (Å²) in [6, 6.07) is 10.1. The Balaban J connectivity index is 1.48. The number of halogens is 4. The molecule has 3 aromatic rings. The molecule has 0 spiro atoms. The second-order valence-corrected chi connectivity index (χ2v) is 8.56. The molecule has 1 aliphatic rings. The molecule has 1 aromatic heterocycles. The van der Waals surface area contributed by atoms with Crippen molar-refractivity contribution in [2.24, 2.45) is 5.92 Å². The number of carbonyl (C=O) groups excluding carboxylic acids is 1. The Hall–Kier alpha value is -3.60. The molecule has 1 unspecified atom stereocenters. The van der Waals surface area contributed by atoms with Crippen LogP contribution in [-0.2, 0) is 11.3 Å². The summed E-state index contributed by atoms with van der Waals surface area (Å²) < 4.78 is 66.6. The zero-order valence-corrected chi connectivity index (χ0v) is 19.5. The highest BCUT2D eigenvalue weighted by Gasteiger charge is 2.47. The SMILES string of the molecule is COc1ccc(F)cc1C(=O)NCc1ccc(-c2cc(N)n(C(C3CCOCC3)C(F)(F)F)n2)cc1. The molecule has 192 valence electrons. The molecule has 1 saturated heterocycles. The lowest BCUT2D eigenvalue weighted by molar-refractivity contribution is -0.189. The number of ether oxygens (including phenoxy) is 2. The molecule has 3 N–H and O–H groups in total. The topological polar surface area (TPSA) is 91.4 Å². The Kier molecular flexibility index (Phi) is 7.48. The number of amides is 1. The largest absolute Gasteiger partial charge is 0.496 e. The van der Waals surface area contributed by atoms with Gasteiger partial charge in [-0.1, -0.05) is 24.3 Å². The van der Waals surface area contributed by atoms with Gasteiger partial charge in [-0.25, -0.2) is 9.07 Å². The van der Waals surface area contributed by atoms with E-state index in [0.29, 0.717) is 11.3 Å². The number of aromatic nitrogens is 2. The van der Waals surface area contributed by atoms with Crippen LogP contribution in [-0.4, -0.2) is 42.2 Å². The molecule has 1 aliphatic heterocycles. The van der Waals surface area contributed by atoms with Crippen LogP contribution in [0.5, 0.6) is 5.75 Å². The van der Waals surface area contributed by atoms with Gasteiger partial charge in [0, 0.05) is 31.4 Å². The van der Waals surface area contributed by atoms with Crippen molar-refractivity contribution in [3.63, 3.8) is 0 Å². The molecule has 36 heavy (non-hydrogen) atoms. The fourth-order valence-corrected chi connectivity index (χ4v) is 4.34. The maximum absolute atomic E-state index is 14.0. The lowest BCUT2D eigenvalue weighted by Gasteiger charge is -2.32. The van der Waals surface area contributed by atoms with Gasteiger partial charge in [-0.2, -0.15) is 18.3 Å². The number of nitrogen functional groups attached to an aromatic ring is 1. The fourth-order valence-electron chi connectivity index (χ4n) is 4.34. The number of methoxy groups -OCH3 is 1. The number of nitrogens with two attached hydrogens (primary N) is 1. The van der Waals surface area contributed by atoms with Crippen LogP contribution in [0.3, 0.4) is 0 Å². The predicted octanol–water partition coefficient (Wildman–Crippen LogP) is 4.74. The zero-order valence-electron chi connectivity index (χ0n) is 19.5. The third-order valence-electron chi connectivity index (χ3n) is 6.18. The fraction of sp³-hybridized carbons (Fsp3) is 0.360. The van der Waals surface area contributed by atoms with Gasteiger partial charge in [0.05, 0.1) is 18.4 Å². The minimum absolute atomic E-state index is 0.0684. The van der Waals surface area contributed by atoms with Crippen LogP contribution in [0.1, 0.15) is 34.8 Å². The Morgan fingerprint density at radius 2 is 1.89 bits per heavy atom. The van der Waals surface area contributed by atoms with E-state index in [-0.39, 0.29) is 49.7 Å². The summed E-state index contributed by atoms with van der Waals surface area (Å²) in [5.74, 6) is -1.56. The minimum atomic E-state index is -4.51. The van der Waals surface area contributed by atoms with Crippen molar-refractivity contribution in [2.75, 3.05) is 26.1 Å². The van der Waals surface area contributed by atoms with Crippen molar-refractivity contribution in [2.45, 2.75) is 31.6 Å².